The Morgan fingerprint density at radius 1 is 1.53 bits per heavy atom. The third-order valence-electron chi connectivity index (χ3n) is 2.19. The molecule has 1 aromatic carbocycles. The second-order valence-electron chi connectivity index (χ2n) is 3.26. The molecule has 1 aliphatic heterocycles. The molecule has 0 saturated carbocycles. The Bertz CT molecular complexity index is 459. The summed E-state index contributed by atoms with van der Waals surface area (Å²) < 4.78 is 14.2. The standard InChI is InChI=1S/C10H8BrFN2O/c1-14-10(15)5-9(13-14)7-4-6(11)2-3-8(7)12/h2-4H,5H2,1H3. The molecule has 2 rings (SSSR count). The van der Waals surface area contributed by atoms with Crippen molar-refractivity contribution < 1.29 is 9.18 Å². The minimum atomic E-state index is -0.361. The molecule has 0 aliphatic carbocycles. The van der Waals surface area contributed by atoms with Crippen LogP contribution in [0.3, 0.4) is 0 Å². The highest BCUT2D eigenvalue weighted by Gasteiger charge is 2.23. The Hall–Kier alpha value is -1.23. The Labute approximate surface area is 94.7 Å². The molecule has 15 heavy (non-hydrogen) atoms. The van der Waals surface area contributed by atoms with Crippen molar-refractivity contribution in [1.29, 1.82) is 0 Å². The van der Waals surface area contributed by atoms with Crippen molar-refractivity contribution in [2.24, 2.45) is 5.10 Å². The van der Waals surface area contributed by atoms with Gasteiger partial charge in [0.2, 0.25) is 5.91 Å². The lowest BCUT2D eigenvalue weighted by atomic mass is 10.1. The van der Waals surface area contributed by atoms with E-state index < -0.39 is 0 Å². The highest BCUT2D eigenvalue weighted by atomic mass is 79.9. The molecule has 0 aromatic heterocycles. The van der Waals surface area contributed by atoms with Gasteiger partial charge in [-0.15, -0.1) is 0 Å². The molecule has 0 radical (unpaired) electrons. The molecule has 1 heterocycles. The van der Waals surface area contributed by atoms with Crippen LogP contribution in [-0.2, 0) is 4.79 Å². The summed E-state index contributed by atoms with van der Waals surface area (Å²) in [5.74, 6) is -0.482. The molecule has 1 aromatic rings. The average molecular weight is 271 g/mol. The van der Waals surface area contributed by atoms with Gasteiger partial charge in [0, 0.05) is 17.1 Å². The molecule has 1 amide bonds. The summed E-state index contributed by atoms with van der Waals surface area (Å²) in [7, 11) is 1.56. The molecule has 0 saturated heterocycles. The zero-order valence-electron chi connectivity index (χ0n) is 8.00. The topological polar surface area (TPSA) is 32.7 Å². The Morgan fingerprint density at radius 3 is 2.87 bits per heavy atom. The minimum absolute atomic E-state index is 0.121. The van der Waals surface area contributed by atoms with E-state index in [1.54, 1.807) is 19.2 Å². The van der Waals surface area contributed by atoms with E-state index >= 15 is 0 Å². The lowest BCUT2D eigenvalue weighted by Crippen LogP contribution is -2.14. The van der Waals surface area contributed by atoms with E-state index in [0.717, 1.165) is 4.47 Å². The van der Waals surface area contributed by atoms with Crippen molar-refractivity contribution in [2.75, 3.05) is 7.05 Å². The van der Waals surface area contributed by atoms with Crippen molar-refractivity contribution in [3.8, 4) is 0 Å². The first kappa shape index (κ1) is 10.3. The predicted octanol–water partition coefficient (Wildman–Crippen LogP) is 2.15. The first-order valence-electron chi connectivity index (χ1n) is 4.37. The lowest BCUT2D eigenvalue weighted by molar-refractivity contribution is -0.127. The molecule has 1 aliphatic rings. The molecular formula is C10H8BrFN2O. The molecular weight excluding hydrogens is 263 g/mol. The Balaban J connectivity index is 2.43. The van der Waals surface area contributed by atoms with Gasteiger partial charge in [-0.2, -0.15) is 5.10 Å². The van der Waals surface area contributed by atoms with Gasteiger partial charge in [0.15, 0.2) is 0 Å². The second kappa shape index (κ2) is 3.73. The maximum absolute atomic E-state index is 13.4. The average Bonchev–Trinajstić information content (AvgIpc) is 2.51. The van der Waals surface area contributed by atoms with Crippen LogP contribution in [0, 0.1) is 5.82 Å². The zero-order chi connectivity index (χ0) is 11.0. The van der Waals surface area contributed by atoms with Crippen LogP contribution in [0.15, 0.2) is 27.8 Å². The fraction of sp³-hybridized carbons (Fsp3) is 0.200. The Kier molecular flexibility index (Phi) is 2.56. The van der Waals surface area contributed by atoms with Crippen LogP contribution in [0.5, 0.6) is 0 Å². The van der Waals surface area contributed by atoms with Crippen molar-refractivity contribution in [2.45, 2.75) is 6.42 Å². The molecule has 0 spiro atoms. The molecule has 0 N–H and O–H groups in total. The van der Waals surface area contributed by atoms with Crippen LogP contribution >= 0.6 is 15.9 Å². The third kappa shape index (κ3) is 1.92. The number of hydrogen-bond donors (Lipinski definition) is 0. The number of benzene rings is 1. The van der Waals surface area contributed by atoms with E-state index in [2.05, 4.69) is 21.0 Å². The van der Waals surface area contributed by atoms with Gasteiger partial charge in [-0.1, -0.05) is 15.9 Å². The molecule has 5 heteroatoms. The highest BCUT2D eigenvalue weighted by Crippen LogP contribution is 2.20. The summed E-state index contributed by atoms with van der Waals surface area (Å²) in [6, 6.07) is 4.59. The van der Waals surface area contributed by atoms with E-state index in [9.17, 15) is 9.18 Å². The zero-order valence-corrected chi connectivity index (χ0v) is 9.58. The van der Waals surface area contributed by atoms with Gasteiger partial charge >= 0.3 is 0 Å². The van der Waals surface area contributed by atoms with Gasteiger partial charge in [0.25, 0.3) is 0 Å². The largest absolute Gasteiger partial charge is 0.273 e. The van der Waals surface area contributed by atoms with Crippen molar-refractivity contribution in [1.82, 2.24) is 5.01 Å². The molecule has 0 bridgehead atoms. The third-order valence-corrected chi connectivity index (χ3v) is 2.68. The number of rotatable bonds is 1. The van der Waals surface area contributed by atoms with Crippen LogP contribution in [0.2, 0.25) is 0 Å². The van der Waals surface area contributed by atoms with Crippen LogP contribution in [0.1, 0.15) is 12.0 Å². The summed E-state index contributed by atoms with van der Waals surface area (Å²) in [5.41, 5.74) is 0.850. The van der Waals surface area contributed by atoms with Gasteiger partial charge in [0.05, 0.1) is 12.1 Å². The SMILES string of the molecule is CN1N=C(c2cc(Br)ccc2F)CC1=O. The van der Waals surface area contributed by atoms with Gasteiger partial charge < -0.3 is 0 Å². The molecule has 0 unspecified atom stereocenters. The summed E-state index contributed by atoms with van der Waals surface area (Å²) in [5, 5.41) is 5.21. The normalized spacial score (nSPS) is 15.8. The summed E-state index contributed by atoms with van der Waals surface area (Å²) in [6.45, 7) is 0. The van der Waals surface area contributed by atoms with Crippen LogP contribution in [-0.4, -0.2) is 23.7 Å². The van der Waals surface area contributed by atoms with Crippen molar-refractivity contribution in [3.05, 3.63) is 34.1 Å². The minimum Gasteiger partial charge on any atom is -0.273 e. The quantitative estimate of drug-likeness (QED) is 0.770. The highest BCUT2D eigenvalue weighted by molar-refractivity contribution is 9.10. The first-order valence-corrected chi connectivity index (χ1v) is 5.16. The first-order chi connectivity index (χ1) is 7.08. The fourth-order valence-corrected chi connectivity index (χ4v) is 1.76. The van der Waals surface area contributed by atoms with Crippen molar-refractivity contribution in [3.63, 3.8) is 0 Å². The number of amides is 1. The lowest BCUT2D eigenvalue weighted by Gasteiger charge is -2.01. The number of carbonyl (C=O) groups excluding carboxylic acids is 1. The van der Waals surface area contributed by atoms with E-state index in [1.807, 2.05) is 0 Å². The van der Waals surface area contributed by atoms with E-state index in [4.69, 9.17) is 0 Å². The number of halogens is 2. The maximum atomic E-state index is 13.4. The number of nitrogens with zero attached hydrogens (tertiary/aromatic N) is 2. The van der Waals surface area contributed by atoms with E-state index in [0.29, 0.717) is 11.3 Å². The second-order valence-corrected chi connectivity index (χ2v) is 4.18. The van der Waals surface area contributed by atoms with Gasteiger partial charge in [-0.05, 0) is 18.2 Å². The van der Waals surface area contributed by atoms with Gasteiger partial charge in [-0.3, -0.25) is 4.79 Å². The van der Waals surface area contributed by atoms with Gasteiger partial charge in [-0.25, -0.2) is 9.40 Å². The monoisotopic (exact) mass is 270 g/mol. The number of carbonyl (C=O) groups is 1. The Morgan fingerprint density at radius 2 is 2.27 bits per heavy atom. The predicted molar refractivity (Wildman–Crippen MR) is 58.0 cm³/mol. The summed E-state index contributed by atoms with van der Waals surface area (Å²) in [4.78, 5) is 11.2. The maximum Gasteiger partial charge on any atom is 0.248 e. The van der Waals surface area contributed by atoms with Gasteiger partial charge in [0.1, 0.15) is 5.82 Å². The molecule has 3 nitrogen and oxygen atoms in total. The smallest absolute Gasteiger partial charge is 0.248 e. The van der Waals surface area contributed by atoms with E-state index in [-0.39, 0.29) is 18.1 Å². The molecule has 78 valence electrons. The summed E-state index contributed by atoms with van der Waals surface area (Å²) >= 11 is 3.25. The van der Waals surface area contributed by atoms with Crippen molar-refractivity contribution >= 4 is 27.5 Å². The van der Waals surface area contributed by atoms with Crippen LogP contribution < -0.4 is 0 Å². The number of hydrogen-bond acceptors (Lipinski definition) is 2. The molecule has 0 fully saturated rings. The van der Waals surface area contributed by atoms with Crippen LogP contribution in [0.25, 0.3) is 0 Å². The summed E-state index contributed by atoms with van der Waals surface area (Å²) in [6.07, 6.45) is 0.157. The molecule has 0 atom stereocenters. The van der Waals surface area contributed by atoms with E-state index in [1.165, 1.54) is 11.1 Å². The fourth-order valence-electron chi connectivity index (χ4n) is 1.40. The number of hydrazone groups is 1. The van der Waals surface area contributed by atoms with Crippen LogP contribution in [0.4, 0.5) is 4.39 Å².